The van der Waals surface area contributed by atoms with Crippen molar-refractivity contribution in [1.29, 1.82) is 0 Å². The minimum Gasteiger partial charge on any atom is -0.368 e. The highest BCUT2D eigenvalue weighted by molar-refractivity contribution is 5.68. The number of aromatic amines is 1. The summed E-state index contributed by atoms with van der Waals surface area (Å²) in [6, 6.07) is 3.98. The Morgan fingerprint density at radius 1 is 1.24 bits per heavy atom. The van der Waals surface area contributed by atoms with Gasteiger partial charge in [0.25, 0.3) is 0 Å². The van der Waals surface area contributed by atoms with E-state index < -0.39 is 0 Å². The van der Waals surface area contributed by atoms with E-state index in [2.05, 4.69) is 27.2 Å². The highest BCUT2D eigenvalue weighted by atomic mass is 15.0. The van der Waals surface area contributed by atoms with Crippen LogP contribution in [0.1, 0.15) is 24.7 Å². The zero-order valence-electron chi connectivity index (χ0n) is 10.5. The molecule has 0 aromatic carbocycles. The lowest BCUT2D eigenvalue weighted by Gasteiger charge is -2.11. The van der Waals surface area contributed by atoms with Crippen molar-refractivity contribution in [2.24, 2.45) is 0 Å². The van der Waals surface area contributed by atoms with Crippen LogP contribution in [0.3, 0.4) is 0 Å². The summed E-state index contributed by atoms with van der Waals surface area (Å²) < 4.78 is 0. The molecule has 0 aliphatic carbocycles. The van der Waals surface area contributed by atoms with Gasteiger partial charge in [0.2, 0.25) is 0 Å². The summed E-state index contributed by atoms with van der Waals surface area (Å²) in [5, 5.41) is 3.33. The molecule has 0 amide bonds. The van der Waals surface area contributed by atoms with Gasteiger partial charge in [-0.2, -0.15) is 0 Å². The number of hydrogen-bond acceptors (Lipinski definition) is 3. The summed E-state index contributed by atoms with van der Waals surface area (Å²) in [4.78, 5) is 12.4. The Hall–Kier alpha value is -1.84. The van der Waals surface area contributed by atoms with E-state index in [4.69, 9.17) is 0 Å². The molecule has 0 radical (unpaired) electrons. The first-order valence-corrected chi connectivity index (χ1v) is 5.95. The maximum absolute atomic E-state index is 4.61. The monoisotopic (exact) mass is 230 g/mol. The van der Waals surface area contributed by atoms with E-state index in [0.29, 0.717) is 0 Å². The molecule has 0 saturated carbocycles. The van der Waals surface area contributed by atoms with Gasteiger partial charge in [-0.25, -0.2) is 9.97 Å². The Labute approximate surface area is 102 Å². The number of nitrogens with one attached hydrogen (secondary N) is 2. The van der Waals surface area contributed by atoms with Crippen molar-refractivity contribution in [3.8, 4) is 11.4 Å². The average molecular weight is 230 g/mol. The summed E-state index contributed by atoms with van der Waals surface area (Å²) in [5.41, 5.74) is 3.83. The molecule has 2 rings (SSSR count). The largest absolute Gasteiger partial charge is 0.368 e. The number of rotatable bonds is 4. The maximum Gasteiger partial charge on any atom is 0.154 e. The smallest absolute Gasteiger partial charge is 0.154 e. The molecule has 0 bridgehead atoms. The number of anilines is 1. The van der Waals surface area contributed by atoms with Crippen LogP contribution in [0.15, 0.2) is 18.3 Å². The maximum atomic E-state index is 4.61. The van der Waals surface area contributed by atoms with Crippen molar-refractivity contribution in [2.45, 2.75) is 27.2 Å². The fourth-order valence-electron chi connectivity index (χ4n) is 1.64. The summed E-state index contributed by atoms with van der Waals surface area (Å²) in [6.45, 7) is 7.01. The SMILES string of the molecule is CCCNc1nc(C)c(C)nc1-c1ccc[nH]1. The molecule has 2 heterocycles. The average Bonchev–Trinajstić information content (AvgIpc) is 2.83. The van der Waals surface area contributed by atoms with Crippen molar-refractivity contribution in [3.63, 3.8) is 0 Å². The topological polar surface area (TPSA) is 53.6 Å². The van der Waals surface area contributed by atoms with Gasteiger partial charge in [0.05, 0.1) is 17.1 Å². The third kappa shape index (κ3) is 2.46. The van der Waals surface area contributed by atoms with Gasteiger partial charge in [0.15, 0.2) is 5.82 Å². The molecule has 0 aliphatic rings. The molecule has 0 atom stereocenters. The number of H-pyrrole nitrogens is 1. The van der Waals surface area contributed by atoms with Gasteiger partial charge in [0.1, 0.15) is 5.69 Å². The van der Waals surface area contributed by atoms with Gasteiger partial charge in [-0.1, -0.05) is 6.92 Å². The van der Waals surface area contributed by atoms with Crippen LogP contribution in [-0.4, -0.2) is 21.5 Å². The van der Waals surface area contributed by atoms with Crippen LogP contribution in [0.25, 0.3) is 11.4 Å². The minimum absolute atomic E-state index is 0.859. The summed E-state index contributed by atoms with van der Waals surface area (Å²) in [6.07, 6.45) is 2.97. The van der Waals surface area contributed by atoms with E-state index in [-0.39, 0.29) is 0 Å². The standard InChI is InChI=1S/C13H18N4/c1-4-7-15-13-12(11-6-5-8-14-11)16-9(2)10(3)17-13/h5-6,8,14H,4,7H2,1-3H3,(H,15,17). The summed E-state index contributed by atoms with van der Waals surface area (Å²) in [7, 11) is 0. The van der Waals surface area contributed by atoms with Gasteiger partial charge in [-0.3, -0.25) is 0 Å². The van der Waals surface area contributed by atoms with E-state index in [1.807, 2.05) is 32.2 Å². The molecule has 0 aliphatic heterocycles. The quantitative estimate of drug-likeness (QED) is 0.849. The van der Waals surface area contributed by atoms with Crippen LogP contribution in [0, 0.1) is 13.8 Å². The number of nitrogens with zero attached hydrogens (tertiary/aromatic N) is 2. The minimum atomic E-state index is 0.859. The van der Waals surface area contributed by atoms with Crippen molar-refractivity contribution in [1.82, 2.24) is 15.0 Å². The lowest BCUT2D eigenvalue weighted by molar-refractivity contribution is 0.952. The second-order valence-electron chi connectivity index (χ2n) is 4.10. The van der Waals surface area contributed by atoms with E-state index in [9.17, 15) is 0 Å². The summed E-state index contributed by atoms with van der Waals surface area (Å²) in [5.74, 6) is 0.859. The van der Waals surface area contributed by atoms with E-state index >= 15 is 0 Å². The lowest BCUT2D eigenvalue weighted by Crippen LogP contribution is -2.07. The molecular weight excluding hydrogens is 212 g/mol. The highest BCUT2D eigenvalue weighted by Crippen LogP contribution is 2.23. The molecule has 2 aromatic heterocycles. The highest BCUT2D eigenvalue weighted by Gasteiger charge is 2.11. The number of aromatic nitrogens is 3. The van der Waals surface area contributed by atoms with Crippen LogP contribution in [0.5, 0.6) is 0 Å². The molecule has 2 aromatic rings. The van der Waals surface area contributed by atoms with Crippen molar-refractivity contribution < 1.29 is 0 Å². The molecule has 0 fully saturated rings. The molecule has 0 unspecified atom stereocenters. The van der Waals surface area contributed by atoms with Gasteiger partial charge in [-0.05, 0) is 32.4 Å². The van der Waals surface area contributed by atoms with Gasteiger partial charge < -0.3 is 10.3 Å². The first kappa shape index (κ1) is 11.6. The normalized spacial score (nSPS) is 10.5. The number of hydrogen-bond donors (Lipinski definition) is 2. The molecule has 17 heavy (non-hydrogen) atoms. The Kier molecular flexibility index (Phi) is 3.42. The van der Waals surface area contributed by atoms with Crippen molar-refractivity contribution in [2.75, 3.05) is 11.9 Å². The second-order valence-corrected chi connectivity index (χ2v) is 4.10. The zero-order chi connectivity index (χ0) is 12.3. The predicted octanol–water partition coefficient (Wildman–Crippen LogP) is 2.91. The first-order chi connectivity index (χ1) is 8.22. The van der Waals surface area contributed by atoms with Gasteiger partial charge in [0, 0.05) is 12.7 Å². The fourth-order valence-corrected chi connectivity index (χ4v) is 1.64. The molecule has 90 valence electrons. The summed E-state index contributed by atoms with van der Waals surface area (Å²) >= 11 is 0. The molecule has 4 heteroatoms. The lowest BCUT2D eigenvalue weighted by atomic mass is 10.2. The van der Waals surface area contributed by atoms with Crippen LogP contribution >= 0.6 is 0 Å². The predicted molar refractivity (Wildman–Crippen MR) is 70.1 cm³/mol. The molecular formula is C13H18N4. The molecule has 2 N–H and O–H groups in total. The third-order valence-electron chi connectivity index (χ3n) is 2.70. The Morgan fingerprint density at radius 2 is 2.00 bits per heavy atom. The first-order valence-electron chi connectivity index (χ1n) is 5.95. The van der Waals surface area contributed by atoms with Crippen LogP contribution in [0.4, 0.5) is 5.82 Å². The van der Waals surface area contributed by atoms with Gasteiger partial charge in [-0.15, -0.1) is 0 Å². The van der Waals surface area contributed by atoms with Crippen molar-refractivity contribution in [3.05, 3.63) is 29.7 Å². The van der Waals surface area contributed by atoms with E-state index in [0.717, 1.165) is 41.6 Å². The molecule has 0 spiro atoms. The van der Waals surface area contributed by atoms with E-state index in [1.165, 1.54) is 0 Å². The van der Waals surface area contributed by atoms with Crippen LogP contribution in [-0.2, 0) is 0 Å². The molecule has 4 nitrogen and oxygen atoms in total. The fraction of sp³-hybridized carbons (Fsp3) is 0.385. The van der Waals surface area contributed by atoms with Crippen molar-refractivity contribution >= 4 is 5.82 Å². The Morgan fingerprint density at radius 3 is 2.65 bits per heavy atom. The molecule has 0 saturated heterocycles. The van der Waals surface area contributed by atoms with Crippen LogP contribution < -0.4 is 5.32 Å². The van der Waals surface area contributed by atoms with Crippen LogP contribution in [0.2, 0.25) is 0 Å². The van der Waals surface area contributed by atoms with Gasteiger partial charge >= 0.3 is 0 Å². The third-order valence-corrected chi connectivity index (χ3v) is 2.70. The Balaban J connectivity index is 2.44. The van der Waals surface area contributed by atoms with E-state index in [1.54, 1.807) is 0 Å². The number of aryl methyl sites for hydroxylation is 2. The zero-order valence-corrected chi connectivity index (χ0v) is 10.5. The second kappa shape index (κ2) is 4.99. The Bertz CT molecular complexity index is 488.